The third-order valence-electron chi connectivity index (χ3n) is 2.57. The van der Waals surface area contributed by atoms with Crippen LogP contribution in [0, 0.1) is 0 Å². The Balaban J connectivity index is 2.34. The second-order valence-electron chi connectivity index (χ2n) is 4.39. The molecular formula is C10H18N2O5. The lowest BCUT2D eigenvalue weighted by Crippen LogP contribution is -2.66. The van der Waals surface area contributed by atoms with Crippen molar-refractivity contribution in [3.8, 4) is 0 Å². The summed E-state index contributed by atoms with van der Waals surface area (Å²) in [6, 6.07) is -0.677. The highest BCUT2D eigenvalue weighted by atomic mass is 16.5. The lowest BCUT2D eigenvalue weighted by atomic mass is 9.95. The van der Waals surface area contributed by atoms with E-state index in [0.717, 1.165) is 0 Å². The van der Waals surface area contributed by atoms with Gasteiger partial charge in [-0.2, -0.15) is 0 Å². The molecule has 1 atom stereocenters. The minimum atomic E-state index is -1.02. The molecule has 1 amide bonds. The van der Waals surface area contributed by atoms with Gasteiger partial charge in [-0.1, -0.05) is 0 Å². The van der Waals surface area contributed by atoms with Crippen LogP contribution in [0.15, 0.2) is 0 Å². The summed E-state index contributed by atoms with van der Waals surface area (Å²) in [5.41, 5.74) is 5.02. The minimum Gasteiger partial charge on any atom is -0.480 e. The van der Waals surface area contributed by atoms with Crippen LogP contribution in [0.1, 0.15) is 6.92 Å². The van der Waals surface area contributed by atoms with Gasteiger partial charge in [0, 0.05) is 7.11 Å². The molecule has 0 aromatic rings. The van der Waals surface area contributed by atoms with Crippen LogP contribution < -0.4 is 5.73 Å². The molecule has 7 heteroatoms. The van der Waals surface area contributed by atoms with Crippen molar-refractivity contribution in [2.45, 2.75) is 18.6 Å². The van der Waals surface area contributed by atoms with E-state index >= 15 is 0 Å². The van der Waals surface area contributed by atoms with Gasteiger partial charge in [0.05, 0.1) is 19.7 Å². The Morgan fingerprint density at radius 1 is 1.53 bits per heavy atom. The zero-order valence-electron chi connectivity index (χ0n) is 10.0. The van der Waals surface area contributed by atoms with Crippen LogP contribution in [-0.2, 0) is 19.1 Å². The first-order chi connectivity index (χ1) is 7.88. The van der Waals surface area contributed by atoms with Crippen LogP contribution in [0.25, 0.3) is 0 Å². The number of hydrogen-bond acceptors (Lipinski definition) is 5. The standard InChI is InChI=1S/C10H18N2O5/c1-10(17-4-8(13)14)5-12(6-10)9(15)7(11)3-16-2/h7H,3-6,11H2,1-2H3,(H,13,14). The predicted molar refractivity (Wildman–Crippen MR) is 58.4 cm³/mol. The average molecular weight is 246 g/mol. The SMILES string of the molecule is COCC(N)C(=O)N1CC(C)(OCC(=O)O)C1. The Hall–Kier alpha value is -1.18. The molecule has 0 bridgehead atoms. The largest absolute Gasteiger partial charge is 0.480 e. The first-order valence-electron chi connectivity index (χ1n) is 5.27. The number of methoxy groups -OCH3 is 1. The Labute approximate surface area is 99.5 Å². The minimum absolute atomic E-state index is 0.169. The van der Waals surface area contributed by atoms with Gasteiger partial charge >= 0.3 is 5.97 Å². The number of likely N-dealkylation sites (tertiary alicyclic amines) is 1. The molecule has 1 aliphatic rings. The molecule has 0 spiro atoms. The molecular weight excluding hydrogens is 228 g/mol. The fourth-order valence-electron chi connectivity index (χ4n) is 1.73. The van der Waals surface area contributed by atoms with Gasteiger partial charge in [0.2, 0.25) is 5.91 Å². The number of carbonyl (C=O) groups is 2. The zero-order chi connectivity index (χ0) is 13.1. The summed E-state index contributed by atoms with van der Waals surface area (Å²) in [7, 11) is 1.48. The van der Waals surface area contributed by atoms with E-state index in [1.165, 1.54) is 12.0 Å². The van der Waals surface area contributed by atoms with Gasteiger partial charge in [-0.05, 0) is 6.92 Å². The molecule has 0 aromatic heterocycles. The Kier molecular flexibility index (Phi) is 4.44. The van der Waals surface area contributed by atoms with Crippen LogP contribution in [0.2, 0.25) is 0 Å². The van der Waals surface area contributed by atoms with E-state index in [1.54, 1.807) is 6.92 Å². The number of nitrogens with two attached hydrogens (primary N) is 1. The van der Waals surface area contributed by atoms with E-state index in [2.05, 4.69) is 0 Å². The predicted octanol–water partition coefficient (Wildman–Crippen LogP) is -1.34. The molecule has 3 N–H and O–H groups in total. The first-order valence-corrected chi connectivity index (χ1v) is 5.27. The molecule has 0 saturated carbocycles. The van der Waals surface area contributed by atoms with Crippen LogP contribution >= 0.6 is 0 Å². The number of rotatable bonds is 6. The number of ether oxygens (including phenoxy) is 2. The maximum Gasteiger partial charge on any atom is 0.329 e. The summed E-state index contributed by atoms with van der Waals surface area (Å²) in [4.78, 5) is 23.6. The molecule has 0 radical (unpaired) electrons. The number of amides is 1. The quantitative estimate of drug-likeness (QED) is 0.601. The van der Waals surface area contributed by atoms with Crippen molar-refractivity contribution >= 4 is 11.9 Å². The van der Waals surface area contributed by atoms with Gasteiger partial charge in [0.1, 0.15) is 18.2 Å². The Morgan fingerprint density at radius 2 is 2.12 bits per heavy atom. The Morgan fingerprint density at radius 3 is 2.59 bits per heavy atom. The lowest BCUT2D eigenvalue weighted by molar-refractivity contribution is -0.174. The number of aliphatic carboxylic acids is 1. The highest BCUT2D eigenvalue weighted by Crippen LogP contribution is 2.24. The molecule has 1 fully saturated rings. The highest BCUT2D eigenvalue weighted by Gasteiger charge is 2.43. The zero-order valence-corrected chi connectivity index (χ0v) is 10.0. The highest BCUT2D eigenvalue weighted by molar-refractivity contribution is 5.82. The van der Waals surface area contributed by atoms with Crippen LogP contribution in [0.5, 0.6) is 0 Å². The Bertz CT molecular complexity index is 301. The molecule has 17 heavy (non-hydrogen) atoms. The molecule has 98 valence electrons. The van der Waals surface area contributed by atoms with E-state index in [4.69, 9.17) is 20.3 Å². The van der Waals surface area contributed by atoms with Crippen molar-refractivity contribution in [2.24, 2.45) is 5.73 Å². The van der Waals surface area contributed by atoms with Crippen molar-refractivity contribution in [3.63, 3.8) is 0 Å². The van der Waals surface area contributed by atoms with E-state index in [9.17, 15) is 9.59 Å². The van der Waals surface area contributed by atoms with Crippen molar-refractivity contribution in [1.29, 1.82) is 0 Å². The monoisotopic (exact) mass is 246 g/mol. The van der Waals surface area contributed by atoms with E-state index < -0.39 is 17.6 Å². The number of hydrogen-bond donors (Lipinski definition) is 2. The molecule has 7 nitrogen and oxygen atoms in total. The topological polar surface area (TPSA) is 102 Å². The third kappa shape index (κ3) is 3.65. The van der Waals surface area contributed by atoms with Crippen LogP contribution in [0.3, 0.4) is 0 Å². The maximum atomic E-state index is 11.7. The van der Waals surface area contributed by atoms with Crippen LogP contribution in [0.4, 0.5) is 0 Å². The number of nitrogens with zero attached hydrogens (tertiary/aromatic N) is 1. The first kappa shape index (κ1) is 13.9. The number of carbonyl (C=O) groups excluding carboxylic acids is 1. The van der Waals surface area contributed by atoms with Gasteiger partial charge in [0.25, 0.3) is 0 Å². The third-order valence-corrected chi connectivity index (χ3v) is 2.57. The van der Waals surface area contributed by atoms with Crippen molar-refractivity contribution < 1.29 is 24.2 Å². The molecule has 1 aliphatic heterocycles. The molecule has 0 aliphatic carbocycles. The fourth-order valence-corrected chi connectivity index (χ4v) is 1.73. The molecule has 0 aromatic carbocycles. The fraction of sp³-hybridized carbons (Fsp3) is 0.800. The van der Waals surface area contributed by atoms with Crippen molar-refractivity contribution in [3.05, 3.63) is 0 Å². The van der Waals surface area contributed by atoms with Gasteiger partial charge in [-0.15, -0.1) is 0 Å². The van der Waals surface area contributed by atoms with Gasteiger partial charge in [-0.25, -0.2) is 4.79 Å². The van der Waals surface area contributed by atoms with Crippen LogP contribution in [-0.4, -0.2) is 66.9 Å². The van der Waals surface area contributed by atoms with Gasteiger partial charge in [-0.3, -0.25) is 4.79 Å². The molecule has 1 saturated heterocycles. The summed E-state index contributed by atoms with van der Waals surface area (Å²) in [6.07, 6.45) is 0. The summed E-state index contributed by atoms with van der Waals surface area (Å²) in [6.45, 7) is 2.29. The second-order valence-corrected chi connectivity index (χ2v) is 4.39. The maximum absolute atomic E-state index is 11.7. The van der Waals surface area contributed by atoms with E-state index in [-0.39, 0.29) is 19.1 Å². The van der Waals surface area contributed by atoms with E-state index in [1.807, 2.05) is 0 Å². The summed E-state index contributed by atoms with van der Waals surface area (Å²) in [5.74, 6) is -1.23. The summed E-state index contributed by atoms with van der Waals surface area (Å²) < 4.78 is 9.97. The average Bonchev–Trinajstić information content (AvgIpc) is 2.22. The summed E-state index contributed by atoms with van der Waals surface area (Å²) >= 11 is 0. The summed E-state index contributed by atoms with van der Waals surface area (Å²) in [5, 5.41) is 8.49. The molecule has 1 heterocycles. The molecule has 1 unspecified atom stereocenters. The number of carboxylic acids is 1. The van der Waals surface area contributed by atoms with Gasteiger partial charge < -0.3 is 25.2 Å². The number of carboxylic acid groups (broad SMARTS) is 1. The lowest BCUT2D eigenvalue weighted by Gasteiger charge is -2.47. The van der Waals surface area contributed by atoms with Gasteiger partial charge in [0.15, 0.2) is 0 Å². The molecule has 1 rings (SSSR count). The van der Waals surface area contributed by atoms with Crippen molar-refractivity contribution in [1.82, 2.24) is 4.90 Å². The normalized spacial score (nSPS) is 19.6. The second kappa shape index (κ2) is 5.44. The van der Waals surface area contributed by atoms with E-state index in [0.29, 0.717) is 13.1 Å². The van der Waals surface area contributed by atoms with Crippen molar-refractivity contribution in [2.75, 3.05) is 33.4 Å². The smallest absolute Gasteiger partial charge is 0.329 e.